The third-order valence-corrected chi connectivity index (χ3v) is 13.3. The lowest BCUT2D eigenvalue weighted by atomic mass is 9.95. The summed E-state index contributed by atoms with van der Waals surface area (Å²) in [7, 11) is 3.31. The number of aliphatic hydroxyl groups excluding tert-OH is 4. The van der Waals surface area contributed by atoms with Crippen molar-refractivity contribution in [3.8, 4) is 22.5 Å². The molecule has 2 fully saturated rings. The number of benzene rings is 3. The van der Waals surface area contributed by atoms with E-state index in [0.29, 0.717) is 25.9 Å². The second-order valence-electron chi connectivity index (χ2n) is 17.0. The monoisotopic (exact) mass is 878 g/mol. The number of rotatable bonds is 18. The molecule has 3 aromatic carbocycles. The van der Waals surface area contributed by atoms with Crippen LogP contribution in [0.15, 0.2) is 72.8 Å². The van der Waals surface area contributed by atoms with Crippen molar-refractivity contribution in [2.24, 2.45) is 0 Å². The predicted octanol–water partition coefficient (Wildman–Crippen LogP) is 2.07. The zero-order valence-corrected chi connectivity index (χ0v) is 37.1. The van der Waals surface area contributed by atoms with Crippen molar-refractivity contribution >= 4 is 45.4 Å². The molecule has 0 spiro atoms. The van der Waals surface area contributed by atoms with Crippen molar-refractivity contribution in [2.75, 3.05) is 40.4 Å². The van der Waals surface area contributed by atoms with Crippen molar-refractivity contribution in [2.45, 2.75) is 102 Å². The first-order valence-electron chi connectivity index (χ1n) is 22.3. The van der Waals surface area contributed by atoms with Gasteiger partial charge in [0.05, 0.1) is 47.7 Å². The van der Waals surface area contributed by atoms with Gasteiger partial charge in [-0.15, -0.1) is 0 Å². The molecular formula is C48H62N8O8. The molecule has 2 aliphatic heterocycles. The molecule has 7 rings (SSSR count). The lowest BCUT2D eigenvalue weighted by Gasteiger charge is -2.29. The Kier molecular flexibility index (Phi) is 14.8. The molecule has 2 aromatic heterocycles. The van der Waals surface area contributed by atoms with Gasteiger partial charge in [-0.2, -0.15) is 0 Å². The average Bonchev–Trinajstić information content (AvgIpc) is 4.13. The molecule has 0 aliphatic carbocycles. The summed E-state index contributed by atoms with van der Waals surface area (Å²) in [5, 5.41) is 55.3. The minimum absolute atomic E-state index is 0.221. The first-order valence-corrected chi connectivity index (χ1v) is 22.3. The quantitative estimate of drug-likeness (QED) is 0.0642. The highest BCUT2D eigenvalue weighted by atomic mass is 16.3. The van der Waals surface area contributed by atoms with Crippen LogP contribution >= 0.6 is 0 Å². The number of likely N-dealkylation sites (tertiary alicyclic amines) is 2. The van der Waals surface area contributed by atoms with Crippen molar-refractivity contribution in [3.05, 3.63) is 83.9 Å². The predicted molar refractivity (Wildman–Crippen MR) is 245 cm³/mol. The maximum atomic E-state index is 13.9. The Balaban J connectivity index is 1.23. The van der Waals surface area contributed by atoms with Crippen LogP contribution in [0, 0.1) is 0 Å². The maximum absolute atomic E-state index is 13.9. The van der Waals surface area contributed by atoms with Crippen LogP contribution in [0.4, 0.5) is 0 Å². The number of carbonyl (C=O) groups excluding carboxylic acids is 4. The van der Waals surface area contributed by atoms with Crippen molar-refractivity contribution in [1.29, 1.82) is 0 Å². The lowest BCUT2D eigenvalue weighted by Crippen LogP contribution is -2.55. The highest BCUT2D eigenvalue weighted by Gasteiger charge is 2.37. The van der Waals surface area contributed by atoms with E-state index in [1.807, 2.05) is 81.9 Å². The second kappa shape index (κ2) is 20.5. The lowest BCUT2D eigenvalue weighted by molar-refractivity contribution is -0.138. The zero-order chi connectivity index (χ0) is 45.7. The van der Waals surface area contributed by atoms with Gasteiger partial charge < -0.3 is 60.6 Å². The van der Waals surface area contributed by atoms with Gasteiger partial charge in [-0.05, 0) is 101 Å². The first kappa shape index (κ1) is 46.4. The number of aliphatic hydroxyl groups is 4. The van der Waals surface area contributed by atoms with Crippen LogP contribution in [0.25, 0.3) is 44.3 Å². The molecule has 16 heteroatoms. The van der Waals surface area contributed by atoms with Crippen LogP contribution in [0.2, 0.25) is 0 Å². The fourth-order valence-electron chi connectivity index (χ4n) is 9.68. The van der Waals surface area contributed by atoms with Gasteiger partial charge in [-0.1, -0.05) is 60.7 Å². The highest BCUT2D eigenvalue weighted by Crippen LogP contribution is 2.40. The minimum atomic E-state index is -1.08. The van der Waals surface area contributed by atoms with Crippen LogP contribution in [-0.2, 0) is 45.5 Å². The molecule has 0 radical (unpaired) electrons. The number of hydrogen-bond donors (Lipinski definition) is 8. The fraction of sp³-hybridized carbons (Fsp3) is 0.458. The van der Waals surface area contributed by atoms with E-state index in [9.17, 15) is 39.6 Å². The molecule has 0 saturated carbocycles. The van der Waals surface area contributed by atoms with Gasteiger partial charge in [0.2, 0.25) is 23.6 Å². The number of fused-ring (bicyclic) bond motifs is 2. The maximum Gasteiger partial charge on any atom is 0.247 e. The third-order valence-electron chi connectivity index (χ3n) is 13.3. The second-order valence-corrected chi connectivity index (χ2v) is 17.0. The number of para-hydroxylation sites is 2. The Hall–Kier alpha value is -5.62. The summed E-state index contributed by atoms with van der Waals surface area (Å²) in [4.78, 5) is 56.8. The number of carbonyl (C=O) groups is 4. The van der Waals surface area contributed by atoms with Crippen molar-refractivity contribution < 1.29 is 39.6 Å². The van der Waals surface area contributed by atoms with E-state index < -0.39 is 37.4 Å². The number of aromatic nitrogens is 2. The van der Waals surface area contributed by atoms with Gasteiger partial charge in [-0.3, -0.25) is 19.2 Å². The molecule has 2 saturated heterocycles. The van der Waals surface area contributed by atoms with Crippen LogP contribution in [0.1, 0.15) is 50.7 Å². The number of hydrogen-bond acceptors (Lipinski definition) is 10. The summed E-state index contributed by atoms with van der Waals surface area (Å²) in [5.41, 5.74) is 6.90. The molecule has 16 nitrogen and oxygen atoms in total. The number of nitrogens with zero attached hydrogens (tertiary/aromatic N) is 4. The third kappa shape index (κ3) is 9.03. The molecule has 8 N–H and O–H groups in total. The van der Waals surface area contributed by atoms with Crippen LogP contribution in [0.3, 0.4) is 0 Å². The fourth-order valence-corrected chi connectivity index (χ4v) is 9.68. The summed E-state index contributed by atoms with van der Waals surface area (Å²) in [6.07, 6.45) is 3.94. The van der Waals surface area contributed by atoms with Crippen molar-refractivity contribution in [1.82, 2.24) is 40.2 Å². The van der Waals surface area contributed by atoms with Gasteiger partial charge >= 0.3 is 0 Å². The Morgan fingerprint density at radius 1 is 0.594 bits per heavy atom. The van der Waals surface area contributed by atoms with Crippen LogP contribution < -0.4 is 21.3 Å². The SMILES string of the molecule is CN[C@@H](C)C(=O)N[C@@H](CO)C(=O)N1CCC[C@H]1Cc1c(-c2ccc(-c3c(C[C@@H]4CCCN4C(=O)[C@H](CO)NC(=O)[C@H](C)NC)c4ccccc4n3CO)cc2)n(CO)c2ccccc12. The Bertz CT molecular complexity index is 2300. The molecule has 5 aromatic rings. The Morgan fingerprint density at radius 3 is 1.31 bits per heavy atom. The van der Waals surface area contributed by atoms with E-state index in [-0.39, 0.29) is 49.2 Å². The molecule has 4 amide bonds. The molecule has 64 heavy (non-hydrogen) atoms. The standard InChI is InChI=1S/C48H62N8O8/c1-29(49-3)45(61)51-39(25-57)47(63)53-21-9-11-33(53)23-37-35-13-5-7-15-41(35)55(27-59)43(37)31-17-19-32(20-18-31)44-38(36-14-6-8-16-42(36)56(44)28-60)24-34-12-10-22-54(34)48(64)40(26-58)52-46(62)30(2)50-4/h5-8,13-20,29-30,33-34,39-40,49-50,57-60H,9-12,21-28H2,1-4H3,(H,51,61)(H,52,62)/t29-,30-,33-,34-,39-,40-/m0/s1. The average molecular weight is 879 g/mol. The summed E-state index contributed by atoms with van der Waals surface area (Å²) in [6, 6.07) is 20.1. The zero-order valence-electron chi connectivity index (χ0n) is 37.1. The summed E-state index contributed by atoms with van der Waals surface area (Å²) >= 11 is 0. The number of nitrogens with one attached hydrogen (secondary N) is 4. The molecule has 6 atom stereocenters. The topological polar surface area (TPSA) is 214 Å². The van der Waals surface area contributed by atoms with E-state index in [1.165, 1.54) is 0 Å². The normalized spacial score (nSPS) is 18.4. The van der Waals surface area contributed by atoms with E-state index in [1.54, 1.807) is 37.7 Å². The smallest absolute Gasteiger partial charge is 0.247 e. The van der Waals surface area contributed by atoms with Gasteiger partial charge in [-0.25, -0.2) is 0 Å². The van der Waals surface area contributed by atoms with E-state index in [2.05, 4.69) is 21.3 Å². The number of likely N-dealkylation sites (N-methyl/N-ethyl adjacent to an activating group) is 2. The van der Waals surface area contributed by atoms with Gasteiger partial charge in [0.1, 0.15) is 25.5 Å². The summed E-state index contributed by atoms with van der Waals surface area (Å²) in [5.74, 6) is -1.42. The van der Waals surface area contributed by atoms with Gasteiger partial charge in [0, 0.05) is 35.9 Å². The molecular weight excluding hydrogens is 817 g/mol. The summed E-state index contributed by atoms with van der Waals surface area (Å²) in [6.45, 7) is 2.71. The van der Waals surface area contributed by atoms with Gasteiger partial charge in [0.15, 0.2) is 0 Å². The molecule has 4 heterocycles. The van der Waals surface area contributed by atoms with Crippen LogP contribution in [-0.4, -0.2) is 140 Å². The van der Waals surface area contributed by atoms with E-state index in [4.69, 9.17) is 0 Å². The minimum Gasteiger partial charge on any atom is -0.394 e. The summed E-state index contributed by atoms with van der Waals surface area (Å²) < 4.78 is 3.75. The Morgan fingerprint density at radius 2 is 0.969 bits per heavy atom. The molecule has 0 bridgehead atoms. The van der Waals surface area contributed by atoms with E-state index in [0.717, 1.165) is 81.1 Å². The number of amides is 4. The van der Waals surface area contributed by atoms with Crippen molar-refractivity contribution in [3.63, 3.8) is 0 Å². The highest BCUT2D eigenvalue weighted by molar-refractivity contribution is 5.95. The largest absolute Gasteiger partial charge is 0.394 e. The first-order chi connectivity index (χ1) is 31.0. The molecule has 0 unspecified atom stereocenters. The van der Waals surface area contributed by atoms with Gasteiger partial charge in [0.25, 0.3) is 0 Å². The molecule has 342 valence electrons. The molecule has 2 aliphatic rings. The Labute approximate surface area is 373 Å². The van der Waals surface area contributed by atoms with E-state index >= 15 is 0 Å². The van der Waals surface area contributed by atoms with Crippen LogP contribution in [0.5, 0.6) is 0 Å².